The Morgan fingerprint density at radius 1 is 1.17 bits per heavy atom. The molecule has 122 valence electrons. The van der Waals surface area contributed by atoms with E-state index in [-0.39, 0.29) is 17.2 Å². The van der Waals surface area contributed by atoms with E-state index in [1.54, 1.807) is 0 Å². The number of rotatable bonds is 4. The van der Waals surface area contributed by atoms with E-state index in [2.05, 4.69) is 26.2 Å². The fraction of sp³-hybridized carbons (Fsp3) is 0.111. The van der Waals surface area contributed by atoms with Gasteiger partial charge in [-0.25, -0.2) is 0 Å². The fourth-order valence-electron chi connectivity index (χ4n) is 2.43. The highest BCUT2D eigenvalue weighted by molar-refractivity contribution is 9.10. The Balaban J connectivity index is 1.74. The maximum absolute atomic E-state index is 12.2. The van der Waals surface area contributed by atoms with E-state index >= 15 is 0 Å². The first kappa shape index (κ1) is 16.8. The van der Waals surface area contributed by atoms with Crippen molar-refractivity contribution in [2.75, 3.05) is 11.1 Å². The molecule has 0 saturated heterocycles. The van der Waals surface area contributed by atoms with Crippen LogP contribution in [0.3, 0.4) is 0 Å². The third-order valence-corrected chi connectivity index (χ3v) is 5.32. The van der Waals surface area contributed by atoms with Crippen LogP contribution in [0, 0.1) is 6.92 Å². The smallest absolute Gasteiger partial charge is 0.262 e. The number of benzene rings is 2. The highest BCUT2D eigenvalue weighted by Crippen LogP contribution is 2.24. The number of halogens is 1. The summed E-state index contributed by atoms with van der Waals surface area (Å²) in [6.45, 7) is 1.91. The Kier molecular flexibility index (Phi) is 5.06. The summed E-state index contributed by atoms with van der Waals surface area (Å²) in [7, 11) is 0. The van der Waals surface area contributed by atoms with E-state index in [0.29, 0.717) is 4.90 Å². The van der Waals surface area contributed by atoms with E-state index in [0.717, 1.165) is 26.6 Å². The van der Waals surface area contributed by atoms with Crippen LogP contribution < -0.4 is 10.9 Å². The maximum atomic E-state index is 12.2. The standard InChI is InChI=1S/C18H15BrN2O2S/c1-11-14-4-2-3-5-15(14)21-18(23)17(11)24-10-16(22)20-13-8-6-12(19)7-9-13/h2-9H,10H2,1H3,(H,20,22)(H,21,23). The highest BCUT2D eigenvalue weighted by atomic mass is 79.9. The molecule has 24 heavy (non-hydrogen) atoms. The maximum Gasteiger partial charge on any atom is 0.262 e. The predicted molar refractivity (Wildman–Crippen MR) is 103 cm³/mol. The third kappa shape index (κ3) is 3.71. The molecule has 0 fully saturated rings. The van der Waals surface area contributed by atoms with Gasteiger partial charge in [-0.2, -0.15) is 0 Å². The van der Waals surface area contributed by atoms with Gasteiger partial charge >= 0.3 is 0 Å². The van der Waals surface area contributed by atoms with Gasteiger partial charge in [-0.3, -0.25) is 9.59 Å². The Bertz CT molecular complexity index is 951. The summed E-state index contributed by atoms with van der Waals surface area (Å²) in [6.07, 6.45) is 0. The zero-order valence-electron chi connectivity index (χ0n) is 12.9. The monoisotopic (exact) mass is 402 g/mol. The lowest BCUT2D eigenvalue weighted by Gasteiger charge is -2.09. The number of anilines is 1. The molecule has 0 aliphatic heterocycles. The summed E-state index contributed by atoms with van der Waals surface area (Å²) >= 11 is 4.61. The highest BCUT2D eigenvalue weighted by Gasteiger charge is 2.12. The average Bonchev–Trinajstić information content (AvgIpc) is 2.57. The number of pyridine rings is 1. The van der Waals surface area contributed by atoms with E-state index in [4.69, 9.17) is 0 Å². The molecule has 3 rings (SSSR count). The molecule has 0 aliphatic rings. The van der Waals surface area contributed by atoms with Gasteiger partial charge in [0.05, 0.1) is 10.6 Å². The number of para-hydroxylation sites is 1. The molecular formula is C18H15BrN2O2S. The fourth-order valence-corrected chi connectivity index (χ4v) is 3.55. The number of aromatic amines is 1. The van der Waals surface area contributed by atoms with Crippen LogP contribution in [0.1, 0.15) is 5.56 Å². The number of aryl methyl sites for hydroxylation is 1. The van der Waals surface area contributed by atoms with Gasteiger partial charge in [0.25, 0.3) is 5.56 Å². The molecule has 0 radical (unpaired) electrons. The number of hydrogen-bond acceptors (Lipinski definition) is 3. The van der Waals surface area contributed by atoms with Crippen molar-refractivity contribution in [2.24, 2.45) is 0 Å². The van der Waals surface area contributed by atoms with Gasteiger partial charge in [-0.05, 0) is 42.8 Å². The van der Waals surface area contributed by atoms with Crippen molar-refractivity contribution in [3.63, 3.8) is 0 Å². The van der Waals surface area contributed by atoms with Crippen LogP contribution in [0.5, 0.6) is 0 Å². The lowest BCUT2D eigenvalue weighted by molar-refractivity contribution is -0.113. The zero-order valence-corrected chi connectivity index (χ0v) is 15.3. The molecule has 2 N–H and O–H groups in total. The van der Waals surface area contributed by atoms with Crippen LogP contribution in [0.15, 0.2) is 62.7 Å². The van der Waals surface area contributed by atoms with Crippen molar-refractivity contribution in [1.82, 2.24) is 4.98 Å². The molecule has 1 amide bonds. The lowest BCUT2D eigenvalue weighted by Crippen LogP contribution is -2.16. The van der Waals surface area contributed by atoms with E-state index < -0.39 is 0 Å². The third-order valence-electron chi connectivity index (χ3n) is 3.60. The molecule has 0 spiro atoms. The van der Waals surface area contributed by atoms with E-state index in [1.807, 2.05) is 55.5 Å². The molecule has 0 aliphatic carbocycles. The quantitative estimate of drug-likeness (QED) is 0.638. The minimum absolute atomic E-state index is 0.144. The normalized spacial score (nSPS) is 10.8. The number of H-pyrrole nitrogens is 1. The average molecular weight is 403 g/mol. The van der Waals surface area contributed by atoms with Crippen LogP contribution in [0.4, 0.5) is 5.69 Å². The van der Waals surface area contributed by atoms with Gasteiger partial charge < -0.3 is 10.3 Å². The SMILES string of the molecule is Cc1c(SCC(=O)Nc2ccc(Br)cc2)c(=O)[nH]c2ccccc12. The lowest BCUT2D eigenvalue weighted by atomic mass is 10.1. The van der Waals surface area contributed by atoms with Crippen molar-refractivity contribution < 1.29 is 4.79 Å². The number of carbonyl (C=O) groups excluding carboxylic acids is 1. The summed E-state index contributed by atoms with van der Waals surface area (Å²) in [4.78, 5) is 27.8. The molecule has 1 heterocycles. The van der Waals surface area contributed by atoms with Gasteiger partial charge in [0.15, 0.2) is 0 Å². The number of nitrogens with one attached hydrogen (secondary N) is 2. The number of amides is 1. The number of hydrogen-bond donors (Lipinski definition) is 2. The Hall–Kier alpha value is -2.05. The molecule has 0 bridgehead atoms. The van der Waals surface area contributed by atoms with Crippen molar-refractivity contribution >= 4 is 50.2 Å². The number of aromatic nitrogens is 1. The summed E-state index contributed by atoms with van der Waals surface area (Å²) in [5.74, 6) is 0.0347. The first-order valence-corrected chi connectivity index (χ1v) is 9.12. The Labute approximate surface area is 151 Å². The van der Waals surface area contributed by atoms with Gasteiger partial charge in [0.1, 0.15) is 0 Å². The van der Waals surface area contributed by atoms with Gasteiger partial charge in [-0.1, -0.05) is 34.1 Å². The molecule has 0 unspecified atom stereocenters. The van der Waals surface area contributed by atoms with Crippen LogP contribution >= 0.6 is 27.7 Å². The van der Waals surface area contributed by atoms with E-state index in [9.17, 15) is 9.59 Å². The van der Waals surface area contributed by atoms with Crippen LogP contribution in [-0.2, 0) is 4.79 Å². The van der Waals surface area contributed by atoms with Crippen LogP contribution in [0.2, 0.25) is 0 Å². The zero-order chi connectivity index (χ0) is 17.1. The minimum Gasteiger partial charge on any atom is -0.325 e. The number of fused-ring (bicyclic) bond motifs is 1. The van der Waals surface area contributed by atoms with Crippen molar-refractivity contribution in [2.45, 2.75) is 11.8 Å². The molecule has 1 aromatic heterocycles. The summed E-state index contributed by atoms with van der Waals surface area (Å²) < 4.78 is 0.952. The molecule has 0 atom stereocenters. The Morgan fingerprint density at radius 3 is 2.62 bits per heavy atom. The van der Waals surface area contributed by atoms with Crippen LogP contribution in [0.25, 0.3) is 10.9 Å². The van der Waals surface area contributed by atoms with Crippen molar-refractivity contribution in [3.05, 3.63) is 68.9 Å². The second-order valence-electron chi connectivity index (χ2n) is 5.30. The van der Waals surface area contributed by atoms with Gasteiger partial charge in [0, 0.05) is 21.1 Å². The van der Waals surface area contributed by atoms with Crippen molar-refractivity contribution in [3.8, 4) is 0 Å². The number of carbonyl (C=O) groups is 1. The second-order valence-corrected chi connectivity index (χ2v) is 7.20. The molecule has 6 heteroatoms. The largest absolute Gasteiger partial charge is 0.325 e. The van der Waals surface area contributed by atoms with Crippen LogP contribution in [-0.4, -0.2) is 16.6 Å². The summed E-state index contributed by atoms with van der Waals surface area (Å²) in [5, 5.41) is 3.82. The first-order valence-electron chi connectivity index (χ1n) is 7.34. The van der Waals surface area contributed by atoms with Crippen molar-refractivity contribution in [1.29, 1.82) is 0 Å². The summed E-state index contributed by atoms with van der Waals surface area (Å²) in [6, 6.07) is 15.0. The number of thioether (sulfide) groups is 1. The second kappa shape index (κ2) is 7.23. The Morgan fingerprint density at radius 2 is 1.88 bits per heavy atom. The summed E-state index contributed by atoms with van der Waals surface area (Å²) in [5.41, 5.74) is 2.28. The minimum atomic E-state index is -0.160. The first-order chi connectivity index (χ1) is 11.5. The topological polar surface area (TPSA) is 62.0 Å². The molecule has 4 nitrogen and oxygen atoms in total. The molecule has 3 aromatic rings. The van der Waals surface area contributed by atoms with Gasteiger partial charge in [0.2, 0.25) is 5.91 Å². The predicted octanol–water partition coefficient (Wildman–Crippen LogP) is 4.33. The molecular weight excluding hydrogens is 388 g/mol. The molecule has 0 saturated carbocycles. The molecule has 2 aromatic carbocycles. The van der Waals surface area contributed by atoms with E-state index in [1.165, 1.54) is 11.8 Å². The van der Waals surface area contributed by atoms with Gasteiger partial charge in [-0.15, -0.1) is 11.8 Å².